The number of rotatable bonds is 7. The van der Waals surface area contributed by atoms with E-state index in [0.29, 0.717) is 11.3 Å². The van der Waals surface area contributed by atoms with Crippen molar-refractivity contribution in [3.8, 4) is 11.8 Å². The summed E-state index contributed by atoms with van der Waals surface area (Å²) >= 11 is 0. The van der Waals surface area contributed by atoms with E-state index in [4.69, 9.17) is 10.8 Å². The summed E-state index contributed by atoms with van der Waals surface area (Å²) in [6.07, 6.45) is 2.43. The molecule has 1 aromatic heterocycles. The third kappa shape index (κ3) is 5.59. The Morgan fingerprint density at radius 2 is 2.12 bits per heavy atom. The van der Waals surface area contributed by atoms with Gasteiger partial charge in [-0.05, 0) is 19.8 Å². The highest BCUT2D eigenvalue weighted by molar-refractivity contribution is 5.65. The van der Waals surface area contributed by atoms with Crippen LogP contribution < -0.4 is 16.1 Å². The molecule has 0 bridgehead atoms. The molecule has 0 aromatic carbocycles. The lowest BCUT2D eigenvalue weighted by molar-refractivity contribution is 0.196. The molecule has 1 aromatic rings. The predicted molar refractivity (Wildman–Crippen MR) is 92.0 cm³/mol. The number of aryl methyl sites for hydroxylation is 1. The van der Waals surface area contributed by atoms with Gasteiger partial charge in [-0.3, -0.25) is 5.21 Å². The first-order valence-electron chi connectivity index (χ1n) is 7.98. The fourth-order valence-electron chi connectivity index (χ4n) is 2.26. The van der Waals surface area contributed by atoms with Crippen LogP contribution in [0.5, 0.6) is 0 Å². The van der Waals surface area contributed by atoms with Gasteiger partial charge in [0.25, 0.3) is 0 Å². The molecule has 0 spiro atoms. The van der Waals surface area contributed by atoms with Crippen molar-refractivity contribution < 1.29 is 15.1 Å². The Bertz CT molecular complexity index is 624. The summed E-state index contributed by atoms with van der Waals surface area (Å²) in [5, 5.41) is 22.4. The first kappa shape index (κ1) is 19.5. The number of nitrogen functional groups attached to an aromatic ring is 1. The van der Waals surface area contributed by atoms with Crippen molar-refractivity contribution in [1.29, 1.82) is 0 Å². The van der Waals surface area contributed by atoms with Crippen LogP contribution in [-0.2, 0) is 0 Å². The van der Waals surface area contributed by atoms with Crippen LogP contribution in [0, 0.1) is 18.8 Å². The highest BCUT2D eigenvalue weighted by Gasteiger charge is 2.21. The topological polar surface area (TPSA) is 125 Å². The fourth-order valence-corrected chi connectivity index (χ4v) is 2.26. The SMILES string of the molecule is CCCCC(CC)N(O)c1nc(N)nc(C)c1C#CCNC(=O)O. The van der Waals surface area contributed by atoms with Gasteiger partial charge in [-0.1, -0.05) is 38.5 Å². The van der Waals surface area contributed by atoms with Gasteiger partial charge in [0, 0.05) is 0 Å². The number of anilines is 2. The molecule has 0 saturated heterocycles. The van der Waals surface area contributed by atoms with E-state index in [1.54, 1.807) is 6.92 Å². The molecule has 0 fully saturated rings. The maximum absolute atomic E-state index is 10.6. The van der Waals surface area contributed by atoms with Gasteiger partial charge >= 0.3 is 6.09 Å². The van der Waals surface area contributed by atoms with E-state index in [1.165, 1.54) is 0 Å². The number of nitrogens with one attached hydrogen (secondary N) is 1. The molecule has 5 N–H and O–H groups in total. The van der Waals surface area contributed by atoms with Crippen molar-refractivity contribution in [3.63, 3.8) is 0 Å². The van der Waals surface area contributed by atoms with Gasteiger partial charge in [0.15, 0.2) is 5.82 Å². The second-order valence-corrected chi connectivity index (χ2v) is 5.38. The standard InChI is InChI=1S/C16H25N5O3/c1-4-6-8-12(5-2)21(24)14-13(9-7-10-18-16(22)23)11(3)19-15(17)20-14/h12,18,24H,4-6,8,10H2,1-3H3,(H,22,23)(H2,17,19,20). The van der Waals surface area contributed by atoms with E-state index < -0.39 is 6.09 Å². The minimum atomic E-state index is -1.15. The number of hydrogen-bond acceptors (Lipinski definition) is 6. The van der Waals surface area contributed by atoms with Crippen molar-refractivity contribution in [2.75, 3.05) is 17.3 Å². The molecule has 0 aliphatic heterocycles. The summed E-state index contributed by atoms with van der Waals surface area (Å²) in [6.45, 7) is 5.77. The molecule has 1 amide bonds. The zero-order chi connectivity index (χ0) is 18.1. The van der Waals surface area contributed by atoms with Gasteiger partial charge in [-0.2, -0.15) is 4.98 Å². The van der Waals surface area contributed by atoms with Gasteiger partial charge in [-0.25, -0.2) is 14.8 Å². The quantitative estimate of drug-likeness (QED) is 0.444. The van der Waals surface area contributed by atoms with Crippen LogP contribution >= 0.6 is 0 Å². The molecule has 1 unspecified atom stereocenters. The van der Waals surface area contributed by atoms with E-state index in [2.05, 4.69) is 34.0 Å². The summed E-state index contributed by atoms with van der Waals surface area (Å²) in [5.74, 6) is 5.82. The lowest BCUT2D eigenvalue weighted by Gasteiger charge is -2.27. The van der Waals surface area contributed by atoms with Crippen LogP contribution in [0.1, 0.15) is 50.8 Å². The third-order valence-corrected chi connectivity index (χ3v) is 3.55. The van der Waals surface area contributed by atoms with E-state index in [-0.39, 0.29) is 24.4 Å². The molecule has 1 rings (SSSR count). The number of aromatic nitrogens is 2. The number of carboxylic acid groups (broad SMARTS) is 1. The minimum Gasteiger partial charge on any atom is -0.465 e. The summed E-state index contributed by atoms with van der Waals surface area (Å²) in [5.41, 5.74) is 6.68. The van der Waals surface area contributed by atoms with Crippen LogP contribution in [0.3, 0.4) is 0 Å². The molecule has 8 heteroatoms. The third-order valence-electron chi connectivity index (χ3n) is 3.55. The lowest BCUT2D eigenvalue weighted by atomic mass is 10.1. The Hall–Kier alpha value is -2.53. The molecule has 8 nitrogen and oxygen atoms in total. The number of nitrogens with zero attached hydrogens (tertiary/aromatic N) is 3. The number of carbonyl (C=O) groups is 1. The molecule has 1 heterocycles. The first-order chi connectivity index (χ1) is 11.4. The monoisotopic (exact) mass is 335 g/mol. The number of nitrogens with two attached hydrogens (primary N) is 1. The van der Waals surface area contributed by atoms with Crippen molar-refractivity contribution in [2.24, 2.45) is 0 Å². The second kappa shape index (κ2) is 9.57. The molecule has 0 aliphatic carbocycles. The first-order valence-corrected chi connectivity index (χ1v) is 7.98. The zero-order valence-electron chi connectivity index (χ0n) is 14.3. The average Bonchev–Trinajstić information content (AvgIpc) is 2.52. The largest absolute Gasteiger partial charge is 0.465 e. The summed E-state index contributed by atoms with van der Waals surface area (Å²) < 4.78 is 0. The van der Waals surface area contributed by atoms with Gasteiger partial charge in [-0.15, -0.1) is 0 Å². The van der Waals surface area contributed by atoms with Crippen molar-refractivity contribution in [3.05, 3.63) is 11.3 Å². The Balaban J connectivity index is 3.13. The molecule has 24 heavy (non-hydrogen) atoms. The normalized spacial score (nSPS) is 11.3. The van der Waals surface area contributed by atoms with E-state index >= 15 is 0 Å². The molecule has 1 atom stereocenters. The van der Waals surface area contributed by atoms with Gasteiger partial charge < -0.3 is 16.2 Å². The molecule has 0 saturated carbocycles. The van der Waals surface area contributed by atoms with Gasteiger partial charge in [0.2, 0.25) is 5.95 Å². The number of amides is 1. The Labute approximate surface area is 142 Å². The summed E-state index contributed by atoms with van der Waals surface area (Å²) in [6, 6.07) is -0.101. The zero-order valence-corrected chi connectivity index (χ0v) is 14.3. The average molecular weight is 335 g/mol. The van der Waals surface area contributed by atoms with E-state index in [9.17, 15) is 10.0 Å². The smallest absolute Gasteiger partial charge is 0.405 e. The highest BCUT2D eigenvalue weighted by Crippen LogP contribution is 2.24. The van der Waals surface area contributed by atoms with E-state index in [1.807, 2.05) is 6.92 Å². The van der Waals surface area contributed by atoms with Crippen LogP contribution in [0.4, 0.5) is 16.6 Å². The van der Waals surface area contributed by atoms with Crippen LogP contribution in [0.15, 0.2) is 0 Å². The molecular formula is C16H25N5O3. The van der Waals surface area contributed by atoms with Crippen molar-refractivity contribution in [2.45, 2.75) is 52.5 Å². The summed E-state index contributed by atoms with van der Waals surface area (Å²) in [7, 11) is 0. The highest BCUT2D eigenvalue weighted by atomic mass is 16.5. The number of unbranched alkanes of at least 4 members (excludes halogenated alkanes) is 1. The lowest BCUT2D eigenvalue weighted by Crippen LogP contribution is -2.33. The summed E-state index contributed by atoms with van der Waals surface area (Å²) in [4.78, 5) is 18.7. The molecule has 132 valence electrons. The predicted octanol–water partition coefficient (Wildman–Crippen LogP) is 2.15. The molecule has 0 aliphatic rings. The van der Waals surface area contributed by atoms with E-state index in [0.717, 1.165) is 30.7 Å². The Morgan fingerprint density at radius 3 is 2.71 bits per heavy atom. The molecule has 0 radical (unpaired) electrons. The molecular weight excluding hydrogens is 310 g/mol. The fraction of sp³-hybridized carbons (Fsp3) is 0.562. The Morgan fingerprint density at radius 1 is 1.42 bits per heavy atom. The van der Waals surface area contributed by atoms with Gasteiger partial charge in [0.05, 0.1) is 23.8 Å². The maximum Gasteiger partial charge on any atom is 0.405 e. The van der Waals surface area contributed by atoms with Gasteiger partial charge in [0.1, 0.15) is 0 Å². The van der Waals surface area contributed by atoms with Crippen molar-refractivity contribution >= 4 is 17.9 Å². The number of hydrogen-bond donors (Lipinski definition) is 4. The maximum atomic E-state index is 10.6. The van der Waals surface area contributed by atoms with Crippen LogP contribution in [0.2, 0.25) is 0 Å². The van der Waals surface area contributed by atoms with Crippen molar-refractivity contribution in [1.82, 2.24) is 15.3 Å². The van der Waals surface area contributed by atoms with Crippen LogP contribution in [0.25, 0.3) is 0 Å². The number of hydroxylamine groups is 1. The van der Waals surface area contributed by atoms with Crippen LogP contribution in [-0.4, -0.2) is 39.0 Å². The second-order valence-electron chi connectivity index (χ2n) is 5.38. The minimum absolute atomic E-state index is 0.0307. The Kier molecular flexibility index (Phi) is 7.79.